The minimum atomic E-state index is -3.98. The van der Waals surface area contributed by atoms with Gasteiger partial charge in [0.1, 0.15) is 4.90 Å². The van der Waals surface area contributed by atoms with E-state index >= 15 is 0 Å². The summed E-state index contributed by atoms with van der Waals surface area (Å²) in [5.74, 6) is -1.44. The van der Waals surface area contributed by atoms with E-state index in [9.17, 15) is 18.0 Å². The first-order valence-electron chi connectivity index (χ1n) is 6.25. The van der Waals surface area contributed by atoms with Crippen molar-refractivity contribution in [3.05, 3.63) is 59.9 Å². The molecule has 112 valence electrons. The molecule has 7 nitrogen and oxygen atoms in total. The predicted molar refractivity (Wildman–Crippen MR) is 74.3 cm³/mol. The Hall–Kier alpha value is -2.74. The average molecular weight is 318 g/mol. The van der Waals surface area contributed by atoms with E-state index < -0.39 is 28.6 Å². The first-order chi connectivity index (χ1) is 10.5. The SMILES string of the molecule is O=C(OCN1C(=O)c2ccccc2S1(=O)=O)c1ccncc1. The Balaban J connectivity index is 1.80. The second-order valence-corrected chi connectivity index (χ2v) is 6.28. The van der Waals surface area contributed by atoms with Gasteiger partial charge < -0.3 is 4.74 Å². The highest BCUT2D eigenvalue weighted by Crippen LogP contribution is 2.29. The molecule has 0 N–H and O–H groups in total. The van der Waals surface area contributed by atoms with Gasteiger partial charge in [-0.2, -0.15) is 4.31 Å². The van der Waals surface area contributed by atoms with Crippen molar-refractivity contribution in [1.82, 2.24) is 9.29 Å². The molecule has 1 aliphatic heterocycles. The lowest BCUT2D eigenvalue weighted by atomic mass is 10.2. The number of carbonyl (C=O) groups is 2. The second kappa shape index (κ2) is 5.23. The van der Waals surface area contributed by atoms with Crippen molar-refractivity contribution in [2.24, 2.45) is 0 Å². The third kappa shape index (κ3) is 2.23. The number of hydrogen-bond donors (Lipinski definition) is 0. The van der Waals surface area contributed by atoms with E-state index in [4.69, 9.17) is 4.74 Å². The summed E-state index contributed by atoms with van der Waals surface area (Å²) in [6.07, 6.45) is 2.81. The van der Waals surface area contributed by atoms with Crippen LogP contribution in [-0.4, -0.2) is 36.3 Å². The summed E-state index contributed by atoms with van der Waals surface area (Å²) in [6.45, 7) is -0.670. The van der Waals surface area contributed by atoms with Crippen molar-refractivity contribution in [3.8, 4) is 0 Å². The molecule has 0 fully saturated rings. The second-order valence-electron chi connectivity index (χ2n) is 4.45. The molecule has 0 saturated heterocycles. The molecule has 3 rings (SSSR count). The van der Waals surface area contributed by atoms with E-state index in [0.29, 0.717) is 4.31 Å². The lowest BCUT2D eigenvalue weighted by Crippen LogP contribution is -2.33. The van der Waals surface area contributed by atoms with Crippen LogP contribution in [-0.2, 0) is 14.8 Å². The molecule has 22 heavy (non-hydrogen) atoms. The maximum atomic E-state index is 12.2. The number of benzene rings is 1. The van der Waals surface area contributed by atoms with Crippen LogP contribution in [0.5, 0.6) is 0 Å². The number of fused-ring (bicyclic) bond motifs is 1. The Kier molecular flexibility index (Phi) is 3.38. The maximum Gasteiger partial charge on any atom is 0.339 e. The van der Waals surface area contributed by atoms with Crippen LogP contribution < -0.4 is 0 Å². The smallest absolute Gasteiger partial charge is 0.339 e. The molecule has 1 aliphatic rings. The molecule has 0 radical (unpaired) electrons. The Bertz CT molecular complexity index is 849. The summed E-state index contributed by atoms with van der Waals surface area (Å²) >= 11 is 0. The van der Waals surface area contributed by atoms with Crippen LogP contribution in [0.25, 0.3) is 0 Å². The largest absolute Gasteiger partial charge is 0.439 e. The molecule has 8 heteroatoms. The number of ether oxygens (including phenoxy) is 1. The van der Waals surface area contributed by atoms with E-state index in [1.54, 1.807) is 6.07 Å². The van der Waals surface area contributed by atoms with Crippen molar-refractivity contribution in [2.75, 3.05) is 6.73 Å². The molecule has 0 spiro atoms. The summed E-state index contributed by atoms with van der Waals surface area (Å²) < 4.78 is 29.9. The molecule has 1 aromatic carbocycles. The zero-order valence-electron chi connectivity index (χ0n) is 11.2. The van der Waals surface area contributed by atoms with Crippen molar-refractivity contribution in [2.45, 2.75) is 4.90 Å². The van der Waals surface area contributed by atoms with Crippen LogP contribution in [0, 0.1) is 0 Å². The molecule has 0 unspecified atom stereocenters. The number of aromatic nitrogens is 1. The number of hydrogen-bond acceptors (Lipinski definition) is 6. The molecule has 2 heterocycles. The van der Waals surface area contributed by atoms with Gasteiger partial charge in [-0.05, 0) is 24.3 Å². The van der Waals surface area contributed by atoms with Gasteiger partial charge in [0, 0.05) is 12.4 Å². The number of carbonyl (C=O) groups excluding carboxylic acids is 2. The van der Waals surface area contributed by atoms with Crippen LogP contribution in [0.4, 0.5) is 0 Å². The van der Waals surface area contributed by atoms with Gasteiger partial charge in [-0.15, -0.1) is 0 Å². The Labute approximate surface area is 126 Å². The number of rotatable bonds is 3. The number of sulfonamides is 1. The lowest BCUT2D eigenvalue weighted by molar-refractivity contribution is 0.0358. The van der Waals surface area contributed by atoms with Gasteiger partial charge in [0.2, 0.25) is 0 Å². The Morgan fingerprint density at radius 1 is 1.14 bits per heavy atom. The van der Waals surface area contributed by atoms with E-state index in [1.807, 2.05) is 0 Å². The minimum Gasteiger partial charge on any atom is -0.439 e. The summed E-state index contributed by atoms with van der Waals surface area (Å²) in [4.78, 5) is 27.6. The molecular weight excluding hydrogens is 308 g/mol. The number of esters is 1. The molecule has 0 bridgehead atoms. The van der Waals surface area contributed by atoms with E-state index in [1.165, 1.54) is 42.7 Å². The third-order valence-corrected chi connectivity index (χ3v) is 4.90. The fraction of sp³-hybridized carbons (Fsp3) is 0.0714. The summed E-state index contributed by atoms with van der Waals surface area (Å²) in [5.41, 5.74) is 0.291. The van der Waals surface area contributed by atoms with Gasteiger partial charge in [0.25, 0.3) is 15.9 Å². The molecular formula is C14H10N2O5S. The summed E-state index contributed by atoms with van der Waals surface area (Å²) in [7, 11) is -3.98. The van der Waals surface area contributed by atoms with Crippen molar-refractivity contribution in [1.29, 1.82) is 0 Å². The van der Waals surface area contributed by atoms with Crippen molar-refractivity contribution in [3.63, 3.8) is 0 Å². The van der Waals surface area contributed by atoms with Gasteiger partial charge >= 0.3 is 5.97 Å². The topological polar surface area (TPSA) is 93.6 Å². The highest BCUT2D eigenvalue weighted by atomic mass is 32.2. The monoisotopic (exact) mass is 318 g/mol. The minimum absolute atomic E-state index is 0.0717. The van der Waals surface area contributed by atoms with Crippen LogP contribution >= 0.6 is 0 Å². The first kappa shape index (κ1) is 14.2. The standard InChI is InChI=1S/C14H10N2O5S/c17-13-11-3-1-2-4-12(11)22(19,20)16(13)9-21-14(18)10-5-7-15-8-6-10/h1-8H,9H2. The Morgan fingerprint density at radius 2 is 1.82 bits per heavy atom. The fourth-order valence-electron chi connectivity index (χ4n) is 2.05. The van der Waals surface area contributed by atoms with E-state index in [-0.39, 0.29) is 16.0 Å². The molecule has 1 amide bonds. The Morgan fingerprint density at radius 3 is 2.50 bits per heavy atom. The van der Waals surface area contributed by atoms with Gasteiger partial charge in [-0.1, -0.05) is 12.1 Å². The van der Waals surface area contributed by atoms with Crippen molar-refractivity contribution < 1.29 is 22.7 Å². The normalized spacial score (nSPS) is 15.5. The summed E-state index contributed by atoms with van der Waals surface area (Å²) in [5, 5.41) is 0. The number of nitrogens with zero attached hydrogens (tertiary/aromatic N) is 2. The van der Waals surface area contributed by atoms with Gasteiger partial charge in [0.15, 0.2) is 6.73 Å². The average Bonchev–Trinajstić information content (AvgIpc) is 2.73. The number of amides is 1. The van der Waals surface area contributed by atoms with Gasteiger partial charge in [0.05, 0.1) is 11.1 Å². The fourth-order valence-corrected chi connectivity index (χ4v) is 3.48. The zero-order chi connectivity index (χ0) is 15.7. The first-order valence-corrected chi connectivity index (χ1v) is 7.69. The highest BCUT2D eigenvalue weighted by Gasteiger charge is 2.41. The molecule has 1 aromatic heterocycles. The van der Waals surface area contributed by atoms with Gasteiger partial charge in [-0.25, -0.2) is 13.2 Å². The third-order valence-electron chi connectivity index (χ3n) is 3.14. The zero-order valence-corrected chi connectivity index (χ0v) is 12.0. The molecule has 2 aromatic rings. The lowest BCUT2D eigenvalue weighted by Gasteiger charge is -2.14. The number of pyridine rings is 1. The predicted octanol–water partition coefficient (Wildman–Crippen LogP) is 1.04. The van der Waals surface area contributed by atoms with Gasteiger partial charge in [-0.3, -0.25) is 9.78 Å². The van der Waals surface area contributed by atoms with Crippen LogP contribution in [0.2, 0.25) is 0 Å². The van der Waals surface area contributed by atoms with Crippen LogP contribution in [0.15, 0.2) is 53.7 Å². The van der Waals surface area contributed by atoms with Crippen LogP contribution in [0.1, 0.15) is 20.7 Å². The highest BCUT2D eigenvalue weighted by molar-refractivity contribution is 7.90. The van der Waals surface area contributed by atoms with E-state index in [0.717, 1.165) is 0 Å². The van der Waals surface area contributed by atoms with Crippen molar-refractivity contribution >= 4 is 21.9 Å². The summed E-state index contributed by atoms with van der Waals surface area (Å²) in [6, 6.07) is 8.71. The molecule has 0 saturated carbocycles. The quantitative estimate of drug-likeness (QED) is 0.785. The van der Waals surface area contributed by atoms with E-state index in [2.05, 4.69) is 4.98 Å². The van der Waals surface area contributed by atoms with Crippen LogP contribution in [0.3, 0.4) is 0 Å². The molecule has 0 atom stereocenters. The molecule has 0 aliphatic carbocycles. The maximum absolute atomic E-state index is 12.2.